The Labute approximate surface area is 117 Å². The number of aromatic nitrogens is 5. The zero-order valence-electron chi connectivity index (χ0n) is 11.6. The van der Waals surface area contributed by atoms with Gasteiger partial charge in [-0.15, -0.1) is 0 Å². The second-order valence-corrected chi connectivity index (χ2v) is 4.79. The fourth-order valence-corrected chi connectivity index (χ4v) is 2.33. The molecule has 1 saturated heterocycles. The van der Waals surface area contributed by atoms with Crippen molar-refractivity contribution < 1.29 is 4.74 Å². The van der Waals surface area contributed by atoms with E-state index in [1.807, 2.05) is 0 Å². The summed E-state index contributed by atoms with van der Waals surface area (Å²) < 4.78 is 6.95. The zero-order valence-corrected chi connectivity index (χ0v) is 11.6. The van der Waals surface area contributed by atoms with Crippen molar-refractivity contribution in [1.29, 1.82) is 0 Å². The van der Waals surface area contributed by atoms with Crippen LogP contribution in [0.15, 0.2) is 18.7 Å². The first-order chi connectivity index (χ1) is 9.86. The van der Waals surface area contributed by atoms with Gasteiger partial charge in [-0.05, 0) is 12.8 Å². The normalized spacial score (nSPS) is 15.9. The lowest BCUT2D eigenvalue weighted by atomic mass is 10.2. The van der Waals surface area contributed by atoms with Gasteiger partial charge in [0.1, 0.15) is 6.33 Å². The van der Waals surface area contributed by atoms with Gasteiger partial charge in [0, 0.05) is 25.5 Å². The molecule has 7 nitrogen and oxygen atoms in total. The van der Waals surface area contributed by atoms with Gasteiger partial charge in [0.05, 0.1) is 7.11 Å². The maximum atomic E-state index is 5.19. The molecule has 0 saturated carbocycles. The van der Waals surface area contributed by atoms with E-state index in [0.717, 1.165) is 13.1 Å². The van der Waals surface area contributed by atoms with Crippen LogP contribution in [-0.2, 0) is 0 Å². The lowest BCUT2D eigenvalue weighted by Crippen LogP contribution is -2.27. The monoisotopic (exact) mass is 274 g/mol. The highest BCUT2D eigenvalue weighted by Crippen LogP contribution is 2.18. The summed E-state index contributed by atoms with van der Waals surface area (Å²) in [6.45, 7) is 1.97. The highest BCUT2D eigenvalue weighted by Gasteiger charge is 2.16. The summed E-state index contributed by atoms with van der Waals surface area (Å²) in [7, 11) is 1.57. The molecule has 0 unspecified atom stereocenters. The van der Waals surface area contributed by atoms with E-state index in [1.165, 1.54) is 25.7 Å². The maximum Gasteiger partial charge on any atom is 0.322 e. The van der Waals surface area contributed by atoms with E-state index >= 15 is 0 Å². The highest BCUT2D eigenvalue weighted by atomic mass is 16.5. The molecular formula is C13H18N6O. The van der Waals surface area contributed by atoms with Crippen molar-refractivity contribution in [2.45, 2.75) is 25.7 Å². The molecular weight excluding hydrogens is 256 g/mol. The van der Waals surface area contributed by atoms with Crippen LogP contribution in [0, 0.1) is 0 Å². The summed E-state index contributed by atoms with van der Waals surface area (Å²) >= 11 is 0. The summed E-state index contributed by atoms with van der Waals surface area (Å²) in [6.07, 6.45) is 10.1. The summed E-state index contributed by atoms with van der Waals surface area (Å²) in [6, 6.07) is 0.336. The lowest BCUT2D eigenvalue weighted by molar-refractivity contribution is 0.377. The minimum Gasteiger partial charge on any atom is -0.467 e. The summed E-state index contributed by atoms with van der Waals surface area (Å²) in [5.74, 6) is 1.22. The van der Waals surface area contributed by atoms with E-state index in [4.69, 9.17) is 4.74 Å². The van der Waals surface area contributed by atoms with Gasteiger partial charge in [0.2, 0.25) is 11.9 Å². The quantitative estimate of drug-likeness (QED) is 0.843. The number of methoxy groups -OCH3 is 1. The van der Waals surface area contributed by atoms with E-state index in [0.29, 0.717) is 17.9 Å². The van der Waals surface area contributed by atoms with Gasteiger partial charge >= 0.3 is 6.01 Å². The molecule has 7 heteroatoms. The number of anilines is 1. The van der Waals surface area contributed by atoms with Crippen LogP contribution in [0.3, 0.4) is 0 Å². The fraction of sp³-hybridized carbons (Fsp3) is 0.538. The molecule has 0 N–H and O–H groups in total. The third-order valence-electron chi connectivity index (χ3n) is 3.40. The van der Waals surface area contributed by atoms with Crippen LogP contribution in [0.4, 0.5) is 5.95 Å². The van der Waals surface area contributed by atoms with Crippen LogP contribution < -0.4 is 9.64 Å². The molecule has 106 valence electrons. The summed E-state index contributed by atoms with van der Waals surface area (Å²) in [4.78, 5) is 19.4. The van der Waals surface area contributed by atoms with E-state index < -0.39 is 0 Å². The number of hydrogen-bond acceptors (Lipinski definition) is 6. The Bertz CT molecular complexity index is 548. The number of hydrogen-bond donors (Lipinski definition) is 0. The van der Waals surface area contributed by atoms with E-state index in [9.17, 15) is 0 Å². The third kappa shape index (κ3) is 2.71. The molecule has 2 aromatic rings. The number of nitrogens with zero attached hydrogens (tertiary/aromatic N) is 6. The maximum absolute atomic E-state index is 5.19. The Hall–Kier alpha value is -2.18. The van der Waals surface area contributed by atoms with Gasteiger partial charge in [-0.2, -0.15) is 15.0 Å². The predicted molar refractivity (Wildman–Crippen MR) is 74.2 cm³/mol. The molecule has 0 aliphatic carbocycles. The average molecular weight is 274 g/mol. The Morgan fingerprint density at radius 2 is 1.75 bits per heavy atom. The SMILES string of the molecule is COc1nc(N2CCCCCC2)nc(-n2ccnc2)n1. The van der Waals surface area contributed by atoms with Crippen molar-refractivity contribution in [2.24, 2.45) is 0 Å². The van der Waals surface area contributed by atoms with Crippen LogP contribution in [0.5, 0.6) is 6.01 Å². The first-order valence-corrected chi connectivity index (χ1v) is 6.90. The standard InChI is InChI=1S/C13H18N6O/c1-20-13-16-11(18-7-4-2-3-5-8-18)15-12(17-13)19-9-6-14-10-19/h6,9-10H,2-5,7-8H2,1H3. The van der Waals surface area contributed by atoms with Crippen LogP contribution >= 0.6 is 0 Å². The molecule has 3 rings (SSSR count). The smallest absolute Gasteiger partial charge is 0.322 e. The Morgan fingerprint density at radius 1 is 1.00 bits per heavy atom. The summed E-state index contributed by atoms with van der Waals surface area (Å²) in [5, 5.41) is 0. The van der Waals surface area contributed by atoms with E-state index in [2.05, 4.69) is 24.8 Å². The minimum absolute atomic E-state index is 0.336. The van der Waals surface area contributed by atoms with Gasteiger partial charge in [-0.3, -0.25) is 4.57 Å². The van der Waals surface area contributed by atoms with Gasteiger partial charge in [-0.1, -0.05) is 12.8 Å². The second-order valence-electron chi connectivity index (χ2n) is 4.79. The first-order valence-electron chi connectivity index (χ1n) is 6.90. The van der Waals surface area contributed by atoms with Crippen molar-refractivity contribution in [1.82, 2.24) is 24.5 Å². The zero-order chi connectivity index (χ0) is 13.8. The summed E-state index contributed by atoms with van der Waals surface area (Å²) in [5.41, 5.74) is 0. The molecule has 20 heavy (non-hydrogen) atoms. The number of imidazole rings is 1. The van der Waals surface area contributed by atoms with Crippen LogP contribution in [0.2, 0.25) is 0 Å². The van der Waals surface area contributed by atoms with Crippen LogP contribution in [0.25, 0.3) is 5.95 Å². The van der Waals surface area contributed by atoms with Crippen molar-refractivity contribution in [3.8, 4) is 12.0 Å². The van der Waals surface area contributed by atoms with Crippen molar-refractivity contribution in [2.75, 3.05) is 25.1 Å². The van der Waals surface area contributed by atoms with Crippen molar-refractivity contribution in [3.63, 3.8) is 0 Å². The van der Waals surface area contributed by atoms with Gasteiger partial charge in [0.15, 0.2) is 0 Å². The van der Waals surface area contributed by atoms with Crippen LogP contribution in [0.1, 0.15) is 25.7 Å². The number of rotatable bonds is 3. The average Bonchev–Trinajstić information content (AvgIpc) is 2.89. The predicted octanol–water partition coefficient (Wildman–Crippen LogP) is 1.45. The Balaban J connectivity index is 1.95. The molecule has 0 aromatic carbocycles. The third-order valence-corrected chi connectivity index (χ3v) is 3.40. The van der Waals surface area contributed by atoms with Gasteiger partial charge < -0.3 is 9.64 Å². The molecule has 0 bridgehead atoms. The molecule has 0 spiro atoms. The molecule has 1 fully saturated rings. The molecule has 1 aliphatic heterocycles. The highest BCUT2D eigenvalue weighted by molar-refractivity contribution is 5.34. The molecule has 0 atom stereocenters. The Kier molecular flexibility index (Phi) is 3.76. The Morgan fingerprint density at radius 3 is 2.40 bits per heavy atom. The molecule has 1 aliphatic rings. The largest absolute Gasteiger partial charge is 0.467 e. The molecule has 0 radical (unpaired) electrons. The molecule has 3 heterocycles. The molecule has 0 amide bonds. The second kappa shape index (κ2) is 5.85. The fourth-order valence-electron chi connectivity index (χ4n) is 2.33. The molecule has 2 aromatic heterocycles. The van der Waals surface area contributed by atoms with Gasteiger partial charge in [-0.25, -0.2) is 4.98 Å². The first kappa shape index (κ1) is 12.8. The van der Waals surface area contributed by atoms with Crippen LogP contribution in [-0.4, -0.2) is 44.7 Å². The van der Waals surface area contributed by atoms with Crippen molar-refractivity contribution in [3.05, 3.63) is 18.7 Å². The van der Waals surface area contributed by atoms with E-state index in [1.54, 1.807) is 30.4 Å². The minimum atomic E-state index is 0.336. The van der Waals surface area contributed by atoms with E-state index in [-0.39, 0.29) is 0 Å². The topological polar surface area (TPSA) is 69.0 Å². The number of ether oxygens (including phenoxy) is 1. The van der Waals surface area contributed by atoms with Crippen molar-refractivity contribution >= 4 is 5.95 Å². The van der Waals surface area contributed by atoms with Gasteiger partial charge in [0.25, 0.3) is 0 Å². The lowest BCUT2D eigenvalue weighted by Gasteiger charge is -2.20.